The van der Waals surface area contributed by atoms with E-state index in [0.29, 0.717) is 18.1 Å². The predicted molar refractivity (Wildman–Crippen MR) is 96.3 cm³/mol. The number of aryl methyl sites for hydroxylation is 1. The van der Waals surface area contributed by atoms with Crippen molar-refractivity contribution in [1.82, 2.24) is 0 Å². The molecule has 0 aromatic carbocycles. The number of rotatable bonds is 14. The molecule has 3 heteroatoms. The molecule has 132 valence electrons. The first-order valence-corrected chi connectivity index (χ1v) is 9.47. The highest BCUT2D eigenvalue weighted by molar-refractivity contribution is 5.19. The molecule has 0 spiro atoms. The lowest BCUT2D eigenvalue weighted by atomic mass is 10.1. The third-order valence-electron chi connectivity index (χ3n) is 4.13. The summed E-state index contributed by atoms with van der Waals surface area (Å²) in [5.41, 5.74) is -0.338. The number of hydrogen-bond donors (Lipinski definition) is 0. The fourth-order valence-electron chi connectivity index (χ4n) is 2.79. The second-order valence-corrected chi connectivity index (χ2v) is 6.46. The van der Waals surface area contributed by atoms with Crippen LogP contribution in [0, 0.1) is 6.92 Å². The van der Waals surface area contributed by atoms with Crippen LogP contribution in [0.2, 0.25) is 0 Å². The molecule has 0 unspecified atom stereocenters. The average molecular weight is 322 g/mol. The van der Waals surface area contributed by atoms with E-state index in [-0.39, 0.29) is 5.63 Å². The van der Waals surface area contributed by atoms with Crippen molar-refractivity contribution in [2.45, 2.75) is 90.9 Å². The molecule has 0 amide bonds. The topological polar surface area (TPSA) is 39.4 Å². The summed E-state index contributed by atoms with van der Waals surface area (Å²) in [5, 5.41) is 0. The number of unbranched alkanes of at least 4 members (excludes halogenated alkanes) is 11. The number of ether oxygens (including phenoxy) is 1. The smallest absolute Gasteiger partial charge is 0.339 e. The molecule has 1 aromatic rings. The fourth-order valence-corrected chi connectivity index (χ4v) is 2.79. The predicted octanol–water partition coefficient (Wildman–Crippen LogP) is 6.03. The molecule has 0 bridgehead atoms. The lowest BCUT2D eigenvalue weighted by molar-refractivity contribution is 0.299. The van der Waals surface area contributed by atoms with E-state index in [1.54, 1.807) is 13.0 Å². The Morgan fingerprint density at radius 2 is 1.35 bits per heavy atom. The Morgan fingerprint density at radius 1 is 0.826 bits per heavy atom. The van der Waals surface area contributed by atoms with Crippen molar-refractivity contribution in [3.8, 4) is 5.75 Å². The zero-order chi connectivity index (χ0) is 16.8. The zero-order valence-electron chi connectivity index (χ0n) is 15.1. The highest BCUT2D eigenvalue weighted by Crippen LogP contribution is 2.13. The molecule has 0 fully saturated rings. The molecule has 1 rings (SSSR count). The van der Waals surface area contributed by atoms with E-state index in [1.165, 1.54) is 76.7 Å². The highest BCUT2D eigenvalue weighted by atomic mass is 16.5. The van der Waals surface area contributed by atoms with Gasteiger partial charge in [-0.3, -0.25) is 0 Å². The molecule has 0 aliphatic heterocycles. The first kappa shape index (κ1) is 19.8. The standard InChI is InChI=1S/C20H34O3/c1-3-4-5-6-7-8-9-10-11-12-13-14-15-22-19-16-18(2)23-20(21)17-19/h16-17H,3-15H2,1-2H3. The zero-order valence-corrected chi connectivity index (χ0v) is 15.1. The first-order valence-electron chi connectivity index (χ1n) is 9.47. The Labute approximate surface area is 141 Å². The minimum Gasteiger partial charge on any atom is -0.493 e. The Kier molecular flexibility index (Phi) is 11.4. The van der Waals surface area contributed by atoms with Crippen molar-refractivity contribution in [1.29, 1.82) is 0 Å². The van der Waals surface area contributed by atoms with Gasteiger partial charge in [0.2, 0.25) is 0 Å². The lowest BCUT2D eigenvalue weighted by Crippen LogP contribution is -2.03. The molecule has 3 nitrogen and oxygen atoms in total. The average Bonchev–Trinajstić information content (AvgIpc) is 2.51. The van der Waals surface area contributed by atoms with Gasteiger partial charge in [0, 0.05) is 6.07 Å². The van der Waals surface area contributed by atoms with Crippen LogP contribution < -0.4 is 10.4 Å². The molecule has 1 heterocycles. The maximum Gasteiger partial charge on any atom is 0.339 e. The summed E-state index contributed by atoms with van der Waals surface area (Å²) in [5.74, 6) is 1.23. The van der Waals surface area contributed by atoms with E-state index < -0.39 is 0 Å². The third-order valence-corrected chi connectivity index (χ3v) is 4.13. The van der Waals surface area contributed by atoms with Gasteiger partial charge in [-0.05, 0) is 13.3 Å². The molecule has 0 aliphatic carbocycles. The van der Waals surface area contributed by atoms with Gasteiger partial charge < -0.3 is 9.15 Å². The molecule has 0 N–H and O–H groups in total. The highest BCUT2D eigenvalue weighted by Gasteiger charge is 1.99. The van der Waals surface area contributed by atoms with E-state index in [2.05, 4.69) is 6.92 Å². The van der Waals surface area contributed by atoms with Crippen LogP contribution >= 0.6 is 0 Å². The normalized spacial score (nSPS) is 10.9. The van der Waals surface area contributed by atoms with Gasteiger partial charge in [0.1, 0.15) is 11.5 Å². The molecular formula is C20H34O3. The summed E-state index contributed by atoms with van der Waals surface area (Å²) >= 11 is 0. The second-order valence-electron chi connectivity index (χ2n) is 6.46. The summed E-state index contributed by atoms with van der Waals surface area (Å²) in [6.07, 6.45) is 16.0. The van der Waals surface area contributed by atoms with Crippen LogP contribution in [0.5, 0.6) is 5.75 Å². The van der Waals surface area contributed by atoms with Crippen molar-refractivity contribution < 1.29 is 9.15 Å². The van der Waals surface area contributed by atoms with Gasteiger partial charge in [0.15, 0.2) is 0 Å². The second kappa shape index (κ2) is 13.2. The molecule has 1 aromatic heterocycles. The van der Waals surface area contributed by atoms with Crippen molar-refractivity contribution in [3.63, 3.8) is 0 Å². The minimum absolute atomic E-state index is 0.338. The Morgan fingerprint density at radius 3 is 1.87 bits per heavy atom. The molecular weight excluding hydrogens is 288 g/mol. The van der Waals surface area contributed by atoms with Crippen LogP contribution in [0.4, 0.5) is 0 Å². The van der Waals surface area contributed by atoms with Gasteiger partial charge in [-0.1, -0.05) is 77.6 Å². The van der Waals surface area contributed by atoms with E-state index in [0.717, 1.165) is 6.42 Å². The Hall–Kier alpha value is -1.25. The SMILES string of the molecule is CCCCCCCCCCCCCCOc1cc(C)oc(=O)c1. The van der Waals surface area contributed by atoms with Crippen LogP contribution in [0.1, 0.15) is 89.7 Å². The van der Waals surface area contributed by atoms with Crippen LogP contribution in [0.25, 0.3) is 0 Å². The summed E-state index contributed by atoms with van der Waals surface area (Å²) in [4.78, 5) is 11.2. The maximum atomic E-state index is 11.2. The summed E-state index contributed by atoms with van der Waals surface area (Å²) in [6, 6.07) is 3.18. The molecule has 23 heavy (non-hydrogen) atoms. The van der Waals surface area contributed by atoms with Crippen LogP contribution in [-0.4, -0.2) is 6.61 Å². The molecule has 0 radical (unpaired) electrons. The van der Waals surface area contributed by atoms with E-state index in [4.69, 9.17) is 9.15 Å². The van der Waals surface area contributed by atoms with Gasteiger partial charge in [0.05, 0.1) is 12.7 Å². The molecule has 0 aliphatic rings. The van der Waals surface area contributed by atoms with Crippen molar-refractivity contribution in [3.05, 3.63) is 28.3 Å². The Bertz CT molecular complexity index is 450. The summed E-state index contributed by atoms with van der Waals surface area (Å²) in [6.45, 7) is 4.71. The van der Waals surface area contributed by atoms with Gasteiger partial charge in [-0.25, -0.2) is 4.79 Å². The lowest BCUT2D eigenvalue weighted by Gasteiger charge is -2.06. The van der Waals surface area contributed by atoms with Crippen LogP contribution in [0.15, 0.2) is 21.3 Å². The van der Waals surface area contributed by atoms with Crippen molar-refractivity contribution in [2.75, 3.05) is 6.61 Å². The van der Waals surface area contributed by atoms with Crippen molar-refractivity contribution in [2.24, 2.45) is 0 Å². The summed E-state index contributed by atoms with van der Waals surface area (Å²) < 4.78 is 10.5. The monoisotopic (exact) mass is 322 g/mol. The minimum atomic E-state index is -0.338. The van der Waals surface area contributed by atoms with Gasteiger partial charge in [0.25, 0.3) is 0 Å². The molecule has 0 saturated heterocycles. The maximum absolute atomic E-state index is 11.2. The van der Waals surface area contributed by atoms with Gasteiger partial charge in [-0.15, -0.1) is 0 Å². The van der Waals surface area contributed by atoms with Crippen molar-refractivity contribution >= 4 is 0 Å². The Balaban J connectivity index is 1.87. The molecule has 0 atom stereocenters. The molecule has 0 saturated carbocycles. The van der Waals surface area contributed by atoms with Gasteiger partial charge >= 0.3 is 5.63 Å². The third kappa shape index (κ3) is 11.0. The van der Waals surface area contributed by atoms with Crippen LogP contribution in [-0.2, 0) is 0 Å². The number of hydrogen-bond acceptors (Lipinski definition) is 3. The van der Waals surface area contributed by atoms with E-state index >= 15 is 0 Å². The van der Waals surface area contributed by atoms with Gasteiger partial charge in [-0.2, -0.15) is 0 Å². The largest absolute Gasteiger partial charge is 0.493 e. The van der Waals surface area contributed by atoms with E-state index in [1.807, 2.05) is 0 Å². The quantitative estimate of drug-likeness (QED) is 0.393. The van der Waals surface area contributed by atoms with Crippen LogP contribution in [0.3, 0.4) is 0 Å². The summed E-state index contributed by atoms with van der Waals surface area (Å²) in [7, 11) is 0. The van der Waals surface area contributed by atoms with E-state index in [9.17, 15) is 4.79 Å². The fraction of sp³-hybridized carbons (Fsp3) is 0.750. The first-order chi connectivity index (χ1) is 11.2.